The summed E-state index contributed by atoms with van der Waals surface area (Å²) < 4.78 is 57.2. The zero-order valence-electron chi connectivity index (χ0n) is 17.6. The molecule has 1 heterocycles. The van der Waals surface area contributed by atoms with Crippen LogP contribution in [0.15, 0.2) is 42.5 Å². The Bertz CT molecular complexity index is 1120. The Morgan fingerprint density at radius 2 is 1.94 bits per heavy atom. The van der Waals surface area contributed by atoms with E-state index < -0.39 is 34.1 Å². The molecule has 4 rings (SSSR count). The van der Waals surface area contributed by atoms with E-state index in [4.69, 9.17) is 11.6 Å². The second-order valence-corrected chi connectivity index (χ2v) is 10.9. The first-order chi connectivity index (χ1) is 15.2. The van der Waals surface area contributed by atoms with Gasteiger partial charge in [0.1, 0.15) is 12.0 Å². The predicted molar refractivity (Wildman–Crippen MR) is 120 cm³/mol. The summed E-state index contributed by atoms with van der Waals surface area (Å²) in [6.45, 7) is 1.26. The molecule has 0 radical (unpaired) electrons. The molecular formula is C23H25ClF2N2O3S. The van der Waals surface area contributed by atoms with Crippen LogP contribution < -0.4 is 4.72 Å². The number of nitrogens with one attached hydrogen (secondary N) is 1. The summed E-state index contributed by atoms with van der Waals surface area (Å²) in [6.07, 6.45) is -0.0923. The number of nitrogens with zero attached hydrogens (tertiary/aromatic N) is 1. The van der Waals surface area contributed by atoms with Crippen molar-refractivity contribution in [3.8, 4) is 11.1 Å². The van der Waals surface area contributed by atoms with E-state index in [1.54, 1.807) is 42.5 Å². The maximum atomic E-state index is 15.5. The molecule has 2 aromatic rings. The van der Waals surface area contributed by atoms with Gasteiger partial charge >= 0.3 is 0 Å². The molecule has 9 heteroatoms. The Hall–Kier alpha value is -2.03. The summed E-state index contributed by atoms with van der Waals surface area (Å²) in [4.78, 5) is 14.2. The van der Waals surface area contributed by atoms with Gasteiger partial charge in [-0.2, -0.15) is 0 Å². The lowest BCUT2D eigenvalue weighted by Crippen LogP contribution is -2.50. The number of benzene rings is 2. The third-order valence-electron chi connectivity index (χ3n) is 6.12. The van der Waals surface area contributed by atoms with Crippen molar-refractivity contribution < 1.29 is 22.0 Å². The Morgan fingerprint density at radius 3 is 2.59 bits per heavy atom. The molecule has 1 aliphatic heterocycles. The minimum atomic E-state index is -3.72. The summed E-state index contributed by atoms with van der Waals surface area (Å²) in [6, 6.07) is 9.76. The fraction of sp³-hybridized carbons (Fsp3) is 0.435. The zero-order chi connectivity index (χ0) is 23.0. The minimum Gasteiger partial charge on any atom is -0.334 e. The van der Waals surface area contributed by atoms with Crippen LogP contribution in [0.2, 0.25) is 5.02 Å². The highest BCUT2D eigenvalue weighted by molar-refractivity contribution is 7.89. The monoisotopic (exact) mass is 482 g/mol. The van der Waals surface area contributed by atoms with Crippen molar-refractivity contribution in [2.24, 2.45) is 5.92 Å². The second kappa shape index (κ2) is 9.08. The summed E-state index contributed by atoms with van der Waals surface area (Å²) in [5, 5.41) is 0.471. The van der Waals surface area contributed by atoms with E-state index in [9.17, 15) is 17.6 Å². The van der Waals surface area contributed by atoms with Crippen molar-refractivity contribution in [1.29, 1.82) is 0 Å². The van der Waals surface area contributed by atoms with Crippen molar-refractivity contribution in [2.75, 3.05) is 12.3 Å². The molecule has 2 aliphatic rings. The standard InChI is InChI=1S/C23H25ClF2N2O3S/c1-2-32(30,31)27-22-19(25)13-28(23(29)14-9-10-14)20(22)12-16-6-4-8-18(21(16)26)15-5-3-7-17(24)11-15/h3-8,11,14,19-20,22,27H,2,9-10,12-13H2,1H3/t19-,20-,22-/m0/s1. The number of amides is 1. The molecule has 2 fully saturated rings. The lowest BCUT2D eigenvalue weighted by molar-refractivity contribution is -0.133. The molecule has 172 valence electrons. The van der Waals surface area contributed by atoms with Crippen LogP contribution in [0.4, 0.5) is 8.78 Å². The normalized spacial score (nSPS) is 23.5. The number of carbonyl (C=O) groups is 1. The topological polar surface area (TPSA) is 66.5 Å². The van der Waals surface area contributed by atoms with Crippen LogP contribution in [0, 0.1) is 11.7 Å². The van der Waals surface area contributed by atoms with Crippen LogP contribution in [0.1, 0.15) is 25.3 Å². The van der Waals surface area contributed by atoms with Crippen LogP contribution in [0.3, 0.4) is 0 Å². The highest BCUT2D eigenvalue weighted by Gasteiger charge is 2.48. The van der Waals surface area contributed by atoms with Crippen LogP contribution >= 0.6 is 11.6 Å². The molecule has 1 saturated heterocycles. The van der Waals surface area contributed by atoms with Crippen molar-refractivity contribution in [3.05, 3.63) is 58.9 Å². The molecule has 32 heavy (non-hydrogen) atoms. The van der Waals surface area contributed by atoms with Gasteiger partial charge < -0.3 is 4.90 Å². The van der Waals surface area contributed by atoms with Gasteiger partial charge in [0.15, 0.2) is 0 Å². The molecule has 1 aliphatic carbocycles. The van der Waals surface area contributed by atoms with Crippen LogP contribution in [0.5, 0.6) is 0 Å². The molecule has 0 spiro atoms. The zero-order valence-corrected chi connectivity index (χ0v) is 19.2. The molecule has 0 bridgehead atoms. The first-order valence-corrected chi connectivity index (χ1v) is 12.7. The highest BCUT2D eigenvalue weighted by Crippen LogP contribution is 2.36. The van der Waals surface area contributed by atoms with Gasteiger partial charge in [-0.15, -0.1) is 0 Å². The van der Waals surface area contributed by atoms with Gasteiger partial charge in [-0.1, -0.05) is 41.9 Å². The fourth-order valence-electron chi connectivity index (χ4n) is 4.21. The molecule has 3 atom stereocenters. The predicted octanol–water partition coefficient (Wildman–Crippen LogP) is 3.96. The summed E-state index contributed by atoms with van der Waals surface area (Å²) in [5.41, 5.74) is 1.22. The third kappa shape index (κ3) is 4.82. The molecule has 5 nitrogen and oxygen atoms in total. The van der Waals surface area contributed by atoms with Gasteiger partial charge in [0.2, 0.25) is 15.9 Å². The Kier molecular flexibility index (Phi) is 6.56. The van der Waals surface area contributed by atoms with E-state index in [0.29, 0.717) is 16.1 Å². The number of halogens is 3. The number of rotatable bonds is 7. The largest absolute Gasteiger partial charge is 0.334 e. The van der Waals surface area contributed by atoms with Gasteiger partial charge in [0.25, 0.3) is 0 Å². The average Bonchev–Trinajstić information content (AvgIpc) is 3.56. The van der Waals surface area contributed by atoms with Crippen LogP contribution in [0.25, 0.3) is 11.1 Å². The molecule has 1 N–H and O–H groups in total. The number of hydrogen-bond acceptors (Lipinski definition) is 3. The van der Waals surface area contributed by atoms with E-state index in [-0.39, 0.29) is 36.1 Å². The quantitative estimate of drug-likeness (QED) is 0.649. The number of likely N-dealkylation sites (tertiary alicyclic amines) is 1. The number of carbonyl (C=O) groups excluding carboxylic acids is 1. The smallest absolute Gasteiger partial charge is 0.226 e. The van der Waals surface area contributed by atoms with Gasteiger partial charge in [-0.3, -0.25) is 4.79 Å². The molecular weight excluding hydrogens is 458 g/mol. The number of alkyl halides is 1. The van der Waals surface area contributed by atoms with Gasteiger partial charge in [0, 0.05) is 16.5 Å². The molecule has 0 unspecified atom stereocenters. The van der Waals surface area contributed by atoms with Crippen molar-refractivity contribution >= 4 is 27.5 Å². The minimum absolute atomic E-state index is 0.00395. The molecule has 1 saturated carbocycles. The summed E-state index contributed by atoms with van der Waals surface area (Å²) in [7, 11) is -3.72. The highest BCUT2D eigenvalue weighted by atomic mass is 35.5. The van der Waals surface area contributed by atoms with E-state index >= 15 is 4.39 Å². The van der Waals surface area contributed by atoms with E-state index in [0.717, 1.165) is 12.8 Å². The summed E-state index contributed by atoms with van der Waals surface area (Å²) >= 11 is 6.05. The number of hydrogen-bond donors (Lipinski definition) is 1. The summed E-state index contributed by atoms with van der Waals surface area (Å²) in [5.74, 6) is -1.05. The Labute approximate surface area is 191 Å². The maximum Gasteiger partial charge on any atom is 0.226 e. The fourth-order valence-corrected chi connectivity index (χ4v) is 5.29. The van der Waals surface area contributed by atoms with E-state index in [1.807, 2.05) is 0 Å². The number of sulfonamides is 1. The van der Waals surface area contributed by atoms with Crippen LogP contribution in [-0.4, -0.2) is 49.8 Å². The Morgan fingerprint density at radius 1 is 1.22 bits per heavy atom. The average molecular weight is 483 g/mol. The van der Waals surface area contributed by atoms with Crippen molar-refractivity contribution in [1.82, 2.24) is 9.62 Å². The molecule has 2 aromatic carbocycles. The van der Waals surface area contributed by atoms with Crippen LogP contribution in [-0.2, 0) is 21.2 Å². The van der Waals surface area contributed by atoms with Crippen molar-refractivity contribution in [3.63, 3.8) is 0 Å². The molecule has 0 aromatic heterocycles. The third-order valence-corrected chi connectivity index (χ3v) is 7.75. The Balaban J connectivity index is 1.68. The van der Waals surface area contributed by atoms with E-state index in [1.165, 1.54) is 11.8 Å². The van der Waals surface area contributed by atoms with Gasteiger partial charge in [-0.25, -0.2) is 21.9 Å². The first-order valence-electron chi connectivity index (χ1n) is 10.7. The molecule has 1 amide bonds. The second-order valence-electron chi connectivity index (χ2n) is 8.39. The van der Waals surface area contributed by atoms with Crippen molar-refractivity contribution in [2.45, 2.75) is 44.4 Å². The maximum absolute atomic E-state index is 15.5. The lowest BCUT2D eigenvalue weighted by atomic mass is 9.95. The van der Waals surface area contributed by atoms with Gasteiger partial charge in [-0.05, 0) is 49.4 Å². The SMILES string of the molecule is CCS(=O)(=O)N[C@H]1[C@@H](F)CN(C(=O)C2CC2)[C@H]1Cc1cccc(-c2cccc(Cl)c2)c1F. The first kappa shape index (κ1) is 23.1. The lowest BCUT2D eigenvalue weighted by Gasteiger charge is -2.29. The van der Waals surface area contributed by atoms with E-state index in [2.05, 4.69) is 4.72 Å². The van der Waals surface area contributed by atoms with Gasteiger partial charge in [0.05, 0.1) is 24.4 Å².